The van der Waals surface area contributed by atoms with E-state index in [0.29, 0.717) is 17.1 Å². The van der Waals surface area contributed by atoms with Crippen molar-refractivity contribution >= 4 is 23.5 Å². The summed E-state index contributed by atoms with van der Waals surface area (Å²) in [5, 5.41) is 11.7. The second kappa shape index (κ2) is 7.00. The summed E-state index contributed by atoms with van der Waals surface area (Å²) in [4.78, 5) is 22.1. The fraction of sp³-hybridized carbons (Fsp3) is 0.385. The summed E-state index contributed by atoms with van der Waals surface area (Å²) in [5.74, 6) is -0.665. The summed E-state index contributed by atoms with van der Waals surface area (Å²) in [5.41, 5.74) is 0.460. The van der Waals surface area contributed by atoms with Gasteiger partial charge in [-0.15, -0.1) is 0 Å². The van der Waals surface area contributed by atoms with Crippen molar-refractivity contribution in [3.63, 3.8) is 0 Å². The molecule has 1 atom stereocenters. The van der Waals surface area contributed by atoms with Crippen LogP contribution in [0.3, 0.4) is 0 Å². The van der Waals surface area contributed by atoms with Crippen molar-refractivity contribution in [2.24, 2.45) is 0 Å². The van der Waals surface area contributed by atoms with Crippen LogP contribution in [0, 0.1) is 0 Å². The lowest BCUT2D eigenvalue weighted by atomic mass is 10.0. The first kappa shape index (κ1) is 16.1. The molecule has 1 amide bonds. The molecule has 2 N–H and O–H groups in total. The summed E-state index contributed by atoms with van der Waals surface area (Å²) >= 11 is 6.21. The predicted molar refractivity (Wildman–Crippen MR) is 73.4 cm³/mol. The number of amides is 1. The van der Waals surface area contributed by atoms with Crippen molar-refractivity contribution in [1.82, 2.24) is 5.32 Å². The van der Waals surface area contributed by atoms with Gasteiger partial charge >= 0.3 is 5.97 Å². The van der Waals surface area contributed by atoms with Gasteiger partial charge in [-0.05, 0) is 11.6 Å². The Morgan fingerprint density at radius 2 is 2.00 bits per heavy atom. The van der Waals surface area contributed by atoms with Crippen LogP contribution in [0.5, 0.6) is 11.5 Å². The monoisotopic (exact) mass is 301 g/mol. The zero-order valence-corrected chi connectivity index (χ0v) is 12.2. The van der Waals surface area contributed by atoms with E-state index in [1.165, 1.54) is 21.1 Å². The molecule has 20 heavy (non-hydrogen) atoms. The lowest BCUT2D eigenvalue weighted by Crippen LogP contribution is -2.28. The molecular weight excluding hydrogens is 286 g/mol. The van der Waals surface area contributed by atoms with Gasteiger partial charge in [-0.3, -0.25) is 9.59 Å². The minimum Gasteiger partial charge on any atom is -0.493 e. The Bertz CT molecular complexity index is 502. The normalized spacial score (nSPS) is 11.6. The Labute approximate surface area is 121 Å². The van der Waals surface area contributed by atoms with Crippen LogP contribution in [-0.2, 0) is 9.59 Å². The van der Waals surface area contributed by atoms with Crippen LogP contribution < -0.4 is 14.8 Å². The number of methoxy groups -OCH3 is 2. The first-order valence-corrected chi connectivity index (χ1v) is 6.17. The summed E-state index contributed by atoms with van der Waals surface area (Å²) in [6.07, 6.45) is -0.283. The number of nitrogens with one attached hydrogen (secondary N) is 1. The van der Waals surface area contributed by atoms with Crippen molar-refractivity contribution in [2.45, 2.75) is 19.4 Å². The van der Waals surface area contributed by atoms with E-state index in [9.17, 15) is 9.59 Å². The molecule has 0 spiro atoms. The summed E-state index contributed by atoms with van der Waals surface area (Å²) in [7, 11) is 2.90. The van der Waals surface area contributed by atoms with Crippen molar-refractivity contribution in [3.05, 3.63) is 22.7 Å². The number of carbonyl (C=O) groups is 2. The van der Waals surface area contributed by atoms with E-state index in [-0.39, 0.29) is 17.4 Å². The molecule has 7 heteroatoms. The third-order valence-corrected chi connectivity index (χ3v) is 3.04. The van der Waals surface area contributed by atoms with E-state index >= 15 is 0 Å². The van der Waals surface area contributed by atoms with Crippen LogP contribution in [0.25, 0.3) is 0 Å². The Morgan fingerprint density at radius 3 is 2.45 bits per heavy atom. The van der Waals surface area contributed by atoms with E-state index in [0.717, 1.165) is 0 Å². The molecule has 0 saturated heterocycles. The summed E-state index contributed by atoms with van der Waals surface area (Å²) in [6, 6.07) is 2.47. The van der Waals surface area contributed by atoms with Gasteiger partial charge in [0.2, 0.25) is 5.91 Å². The van der Waals surface area contributed by atoms with E-state index in [4.69, 9.17) is 26.2 Å². The van der Waals surface area contributed by atoms with Crippen molar-refractivity contribution in [2.75, 3.05) is 14.2 Å². The first-order chi connectivity index (χ1) is 9.40. The molecule has 0 bridgehead atoms. The van der Waals surface area contributed by atoms with Crippen LogP contribution in [0.15, 0.2) is 12.1 Å². The third-order valence-electron chi connectivity index (χ3n) is 2.65. The van der Waals surface area contributed by atoms with Gasteiger partial charge in [-0.1, -0.05) is 17.7 Å². The van der Waals surface area contributed by atoms with Gasteiger partial charge in [-0.25, -0.2) is 0 Å². The molecule has 1 rings (SSSR count). The van der Waals surface area contributed by atoms with Gasteiger partial charge < -0.3 is 19.9 Å². The second-order valence-electron chi connectivity index (χ2n) is 4.06. The average molecular weight is 302 g/mol. The largest absolute Gasteiger partial charge is 0.493 e. The molecule has 0 aromatic heterocycles. The average Bonchev–Trinajstić information content (AvgIpc) is 2.36. The highest BCUT2D eigenvalue weighted by Crippen LogP contribution is 2.40. The SMILES string of the molecule is COc1ccc([C@H](CC(=O)O)NC(C)=O)c(Cl)c1OC. The summed E-state index contributed by atoms with van der Waals surface area (Å²) < 4.78 is 10.3. The number of rotatable bonds is 6. The standard InChI is InChI=1S/C13H16ClNO5/c1-7(16)15-9(6-11(17)18)8-4-5-10(19-2)13(20-3)12(8)14/h4-5,9H,6H2,1-3H3,(H,15,16)(H,17,18)/t9-/m0/s1. The van der Waals surface area contributed by atoms with Gasteiger partial charge in [0.05, 0.1) is 31.7 Å². The molecule has 6 nitrogen and oxygen atoms in total. The number of hydrogen-bond acceptors (Lipinski definition) is 4. The summed E-state index contributed by atoms with van der Waals surface area (Å²) in [6.45, 7) is 1.31. The fourth-order valence-electron chi connectivity index (χ4n) is 1.83. The van der Waals surface area contributed by atoms with Crippen LogP contribution >= 0.6 is 11.6 Å². The Balaban J connectivity index is 3.25. The minimum absolute atomic E-state index is 0.215. The van der Waals surface area contributed by atoms with Crippen molar-refractivity contribution in [3.8, 4) is 11.5 Å². The molecule has 110 valence electrons. The highest BCUT2D eigenvalue weighted by molar-refractivity contribution is 6.33. The maximum Gasteiger partial charge on any atom is 0.305 e. The molecule has 0 unspecified atom stereocenters. The lowest BCUT2D eigenvalue weighted by Gasteiger charge is -2.20. The molecule has 0 radical (unpaired) electrons. The maximum absolute atomic E-state index is 11.2. The fourth-order valence-corrected chi connectivity index (χ4v) is 2.20. The third kappa shape index (κ3) is 3.77. The van der Waals surface area contributed by atoms with Crippen LogP contribution in [0.2, 0.25) is 5.02 Å². The van der Waals surface area contributed by atoms with Gasteiger partial charge in [-0.2, -0.15) is 0 Å². The van der Waals surface area contributed by atoms with E-state index < -0.39 is 12.0 Å². The number of ether oxygens (including phenoxy) is 2. The number of carboxylic acid groups (broad SMARTS) is 1. The molecule has 1 aromatic rings. The van der Waals surface area contributed by atoms with E-state index in [1.54, 1.807) is 12.1 Å². The highest BCUT2D eigenvalue weighted by Gasteiger charge is 2.23. The molecule has 0 aliphatic rings. The highest BCUT2D eigenvalue weighted by atomic mass is 35.5. The Hall–Kier alpha value is -1.95. The number of carbonyl (C=O) groups excluding carboxylic acids is 1. The predicted octanol–water partition coefficient (Wildman–Crippen LogP) is 2.01. The quantitative estimate of drug-likeness (QED) is 0.839. The first-order valence-electron chi connectivity index (χ1n) is 5.80. The molecule has 0 aliphatic carbocycles. The van der Waals surface area contributed by atoms with Crippen LogP contribution in [0.1, 0.15) is 24.9 Å². The number of aliphatic carboxylic acids is 1. The van der Waals surface area contributed by atoms with Gasteiger partial charge in [0.25, 0.3) is 0 Å². The zero-order chi connectivity index (χ0) is 15.3. The van der Waals surface area contributed by atoms with E-state index in [1.807, 2.05) is 0 Å². The van der Waals surface area contributed by atoms with Gasteiger partial charge in [0, 0.05) is 6.92 Å². The number of benzene rings is 1. The Kier molecular flexibility index (Phi) is 5.64. The van der Waals surface area contributed by atoms with E-state index in [2.05, 4.69) is 5.32 Å². The second-order valence-corrected chi connectivity index (χ2v) is 4.43. The number of halogens is 1. The van der Waals surface area contributed by atoms with Crippen LogP contribution in [0.4, 0.5) is 0 Å². The number of hydrogen-bond donors (Lipinski definition) is 2. The molecule has 0 aliphatic heterocycles. The van der Waals surface area contributed by atoms with Gasteiger partial charge in [0.1, 0.15) is 0 Å². The minimum atomic E-state index is -1.05. The molecular formula is C13H16ClNO5. The van der Waals surface area contributed by atoms with Crippen LogP contribution in [-0.4, -0.2) is 31.2 Å². The zero-order valence-electron chi connectivity index (χ0n) is 11.4. The molecule has 0 heterocycles. The molecule has 0 fully saturated rings. The Morgan fingerprint density at radius 1 is 1.35 bits per heavy atom. The molecule has 1 aromatic carbocycles. The number of carboxylic acids is 1. The van der Waals surface area contributed by atoms with Gasteiger partial charge in [0.15, 0.2) is 11.5 Å². The smallest absolute Gasteiger partial charge is 0.305 e. The topological polar surface area (TPSA) is 84.9 Å². The van der Waals surface area contributed by atoms with Crippen molar-refractivity contribution < 1.29 is 24.2 Å². The van der Waals surface area contributed by atoms with Crippen molar-refractivity contribution in [1.29, 1.82) is 0 Å². The molecule has 0 saturated carbocycles. The maximum atomic E-state index is 11.2. The lowest BCUT2D eigenvalue weighted by molar-refractivity contribution is -0.137.